The van der Waals surface area contributed by atoms with Crippen molar-refractivity contribution < 1.29 is 14.7 Å². The largest absolute Gasteiger partial charge is 0.478 e. The molecule has 0 saturated carbocycles. The van der Waals surface area contributed by atoms with Crippen LogP contribution in [0.25, 0.3) is 0 Å². The number of hydrogen-bond acceptors (Lipinski definition) is 3. The molecule has 1 aromatic carbocycles. The van der Waals surface area contributed by atoms with Crippen LogP contribution in [0.15, 0.2) is 28.1 Å². The lowest BCUT2D eigenvalue weighted by Crippen LogP contribution is -2.15. The summed E-state index contributed by atoms with van der Waals surface area (Å²) in [6, 6.07) is 4.51. The zero-order valence-corrected chi connectivity index (χ0v) is 13.5. The van der Waals surface area contributed by atoms with E-state index < -0.39 is 11.9 Å². The minimum Gasteiger partial charge on any atom is -0.478 e. The first kappa shape index (κ1) is 15.3. The quantitative estimate of drug-likeness (QED) is 0.787. The van der Waals surface area contributed by atoms with Crippen LogP contribution in [-0.4, -0.2) is 17.0 Å². The lowest BCUT2D eigenvalue weighted by atomic mass is 10.1. The molecule has 2 N–H and O–H groups in total. The maximum absolute atomic E-state index is 12.1. The van der Waals surface area contributed by atoms with E-state index in [0.29, 0.717) is 9.35 Å². The van der Waals surface area contributed by atoms with Crippen molar-refractivity contribution in [2.24, 2.45) is 0 Å². The average Bonchev–Trinajstić information content (AvgIpc) is 2.79. The Kier molecular flexibility index (Phi) is 4.70. The maximum Gasteiger partial charge on any atom is 0.339 e. The average molecular weight is 395 g/mol. The van der Waals surface area contributed by atoms with Gasteiger partial charge in [-0.1, -0.05) is 23.2 Å². The van der Waals surface area contributed by atoms with Crippen LogP contribution in [0, 0.1) is 0 Å². The fraction of sp³-hybridized carbons (Fsp3) is 0. The third kappa shape index (κ3) is 2.98. The molecule has 1 amide bonds. The van der Waals surface area contributed by atoms with E-state index in [1.165, 1.54) is 23.5 Å². The van der Waals surface area contributed by atoms with Gasteiger partial charge in [0.1, 0.15) is 10.4 Å². The molecular formula is C12H6BrCl2NO3S. The summed E-state index contributed by atoms with van der Waals surface area (Å²) in [6.07, 6.45) is 0. The number of carbonyl (C=O) groups excluding carboxylic acids is 1. The lowest BCUT2D eigenvalue weighted by Gasteiger charge is -2.11. The second-order valence-electron chi connectivity index (χ2n) is 3.64. The van der Waals surface area contributed by atoms with Gasteiger partial charge >= 0.3 is 5.97 Å². The van der Waals surface area contributed by atoms with Gasteiger partial charge in [0.05, 0.1) is 15.7 Å². The first-order chi connectivity index (χ1) is 9.41. The third-order valence-corrected chi connectivity index (χ3v) is 4.85. The molecular weight excluding hydrogens is 389 g/mol. The number of benzene rings is 1. The number of carbonyl (C=O) groups is 2. The molecule has 1 heterocycles. The second kappa shape index (κ2) is 6.13. The van der Waals surface area contributed by atoms with Crippen molar-refractivity contribution in [1.29, 1.82) is 0 Å². The fourth-order valence-corrected chi connectivity index (χ4v) is 3.40. The van der Waals surface area contributed by atoms with Crippen LogP contribution in [0.4, 0.5) is 5.69 Å². The van der Waals surface area contributed by atoms with Crippen LogP contribution in [0.3, 0.4) is 0 Å². The van der Waals surface area contributed by atoms with Gasteiger partial charge in [0, 0.05) is 4.47 Å². The first-order valence-corrected chi connectivity index (χ1v) is 7.60. The second-order valence-corrected chi connectivity index (χ2v) is 6.22. The SMILES string of the molecule is O=C(Nc1c(Cl)ccc(Cl)c1C(=O)O)c1sccc1Br. The minimum absolute atomic E-state index is 0.00226. The van der Waals surface area contributed by atoms with Crippen LogP contribution in [0.5, 0.6) is 0 Å². The Labute approximate surface area is 136 Å². The van der Waals surface area contributed by atoms with E-state index in [1.54, 1.807) is 11.4 Å². The van der Waals surface area contributed by atoms with Gasteiger partial charge in [-0.15, -0.1) is 11.3 Å². The summed E-state index contributed by atoms with van der Waals surface area (Å²) >= 11 is 16.2. The van der Waals surface area contributed by atoms with Gasteiger partial charge in [-0.2, -0.15) is 0 Å². The molecule has 0 fully saturated rings. The van der Waals surface area contributed by atoms with E-state index in [-0.39, 0.29) is 21.3 Å². The van der Waals surface area contributed by atoms with Gasteiger partial charge < -0.3 is 10.4 Å². The van der Waals surface area contributed by atoms with Crippen molar-refractivity contribution in [3.05, 3.63) is 48.5 Å². The molecule has 1 aromatic heterocycles. The van der Waals surface area contributed by atoms with Gasteiger partial charge in [0.2, 0.25) is 0 Å². The van der Waals surface area contributed by atoms with Crippen LogP contribution in [0.2, 0.25) is 10.0 Å². The van der Waals surface area contributed by atoms with E-state index in [2.05, 4.69) is 21.2 Å². The number of nitrogens with one attached hydrogen (secondary N) is 1. The predicted octanol–water partition coefficient (Wildman–Crippen LogP) is 4.77. The first-order valence-electron chi connectivity index (χ1n) is 5.17. The molecule has 0 unspecified atom stereocenters. The molecule has 104 valence electrons. The smallest absolute Gasteiger partial charge is 0.339 e. The summed E-state index contributed by atoms with van der Waals surface area (Å²) in [7, 11) is 0. The molecule has 20 heavy (non-hydrogen) atoms. The molecule has 0 spiro atoms. The lowest BCUT2D eigenvalue weighted by molar-refractivity contribution is 0.0698. The molecule has 0 aliphatic heterocycles. The maximum atomic E-state index is 12.1. The highest BCUT2D eigenvalue weighted by molar-refractivity contribution is 9.10. The Bertz CT molecular complexity index is 702. The molecule has 0 radical (unpaired) electrons. The Morgan fingerprint density at radius 2 is 1.85 bits per heavy atom. The van der Waals surface area contributed by atoms with E-state index in [4.69, 9.17) is 28.3 Å². The number of amides is 1. The highest BCUT2D eigenvalue weighted by atomic mass is 79.9. The van der Waals surface area contributed by atoms with E-state index >= 15 is 0 Å². The topological polar surface area (TPSA) is 66.4 Å². The van der Waals surface area contributed by atoms with Crippen molar-refractivity contribution in [2.45, 2.75) is 0 Å². The molecule has 8 heteroatoms. The van der Waals surface area contributed by atoms with Gasteiger partial charge in [0.15, 0.2) is 0 Å². The van der Waals surface area contributed by atoms with Crippen molar-refractivity contribution in [2.75, 3.05) is 5.32 Å². The zero-order chi connectivity index (χ0) is 14.9. The van der Waals surface area contributed by atoms with Crippen LogP contribution < -0.4 is 5.32 Å². The summed E-state index contributed by atoms with van der Waals surface area (Å²) < 4.78 is 0.620. The zero-order valence-electron chi connectivity index (χ0n) is 9.62. The molecule has 0 aliphatic carbocycles. The summed E-state index contributed by atoms with van der Waals surface area (Å²) in [5.41, 5.74) is -0.253. The summed E-state index contributed by atoms with van der Waals surface area (Å²) in [5.74, 6) is -1.73. The predicted molar refractivity (Wildman–Crippen MR) is 83.4 cm³/mol. The molecule has 4 nitrogen and oxygen atoms in total. The number of thiophene rings is 1. The molecule has 0 atom stereocenters. The van der Waals surface area contributed by atoms with Crippen molar-refractivity contribution in [3.8, 4) is 0 Å². The normalized spacial score (nSPS) is 10.3. The summed E-state index contributed by atoms with van der Waals surface area (Å²) in [5, 5.41) is 13.5. The molecule has 0 aliphatic rings. The highest BCUT2D eigenvalue weighted by Crippen LogP contribution is 2.33. The molecule has 0 saturated heterocycles. The number of anilines is 1. The number of aromatic carboxylic acids is 1. The molecule has 2 rings (SSSR count). The third-order valence-electron chi connectivity index (χ3n) is 2.38. The Morgan fingerprint density at radius 1 is 1.20 bits per heavy atom. The van der Waals surface area contributed by atoms with Crippen molar-refractivity contribution >= 4 is 68.0 Å². The van der Waals surface area contributed by atoms with Crippen molar-refractivity contribution in [1.82, 2.24) is 0 Å². The monoisotopic (exact) mass is 393 g/mol. The fourth-order valence-electron chi connectivity index (χ4n) is 1.51. The van der Waals surface area contributed by atoms with Gasteiger partial charge in [-0.25, -0.2) is 4.79 Å². The van der Waals surface area contributed by atoms with Gasteiger partial charge in [-0.3, -0.25) is 4.79 Å². The Morgan fingerprint density at radius 3 is 2.40 bits per heavy atom. The number of hydrogen-bond donors (Lipinski definition) is 2. The standard InChI is InChI=1S/C12H6BrCl2NO3S/c13-5-3-4-20-10(5)11(17)16-9-7(15)2-1-6(14)8(9)12(18)19/h1-4H,(H,16,17)(H,18,19). The summed E-state index contributed by atoms with van der Waals surface area (Å²) in [6.45, 7) is 0. The molecule has 0 bridgehead atoms. The minimum atomic E-state index is -1.27. The van der Waals surface area contributed by atoms with E-state index in [9.17, 15) is 9.59 Å². The molecule has 2 aromatic rings. The number of halogens is 3. The van der Waals surface area contributed by atoms with Gasteiger partial charge in [-0.05, 0) is 39.5 Å². The van der Waals surface area contributed by atoms with Crippen LogP contribution in [-0.2, 0) is 0 Å². The van der Waals surface area contributed by atoms with E-state index in [0.717, 1.165) is 0 Å². The van der Waals surface area contributed by atoms with Gasteiger partial charge in [0.25, 0.3) is 5.91 Å². The Hall–Kier alpha value is -1.08. The van der Waals surface area contributed by atoms with Crippen LogP contribution in [0.1, 0.15) is 20.0 Å². The van der Waals surface area contributed by atoms with E-state index in [1.807, 2.05) is 0 Å². The summed E-state index contributed by atoms with van der Waals surface area (Å²) in [4.78, 5) is 23.8. The number of carboxylic acid groups (broad SMARTS) is 1. The highest BCUT2D eigenvalue weighted by Gasteiger charge is 2.21. The van der Waals surface area contributed by atoms with Crippen molar-refractivity contribution in [3.63, 3.8) is 0 Å². The Balaban J connectivity index is 2.44. The number of rotatable bonds is 3. The number of carboxylic acids is 1. The van der Waals surface area contributed by atoms with Crippen LogP contribution >= 0.6 is 50.5 Å².